The summed E-state index contributed by atoms with van der Waals surface area (Å²) in [5, 5.41) is 9.19. The molecule has 1 unspecified atom stereocenters. The molecule has 0 amide bonds. The van der Waals surface area contributed by atoms with Crippen molar-refractivity contribution in [3.63, 3.8) is 0 Å². The lowest BCUT2D eigenvalue weighted by atomic mass is 10.0. The van der Waals surface area contributed by atoms with Gasteiger partial charge < -0.3 is 10.0 Å². The smallest absolute Gasteiger partial charge is 0.0589 e. The Balaban J connectivity index is 3.84. The molecule has 0 aliphatic rings. The van der Waals surface area contributed by atoms with Crippen LogP contribution in [-0.4, -0.2) is 36.2 Å². The van der Waals surface area contributed by atoms with E-state index in [2.05, 4.69) is 39.6 Å². The van der Waals surface area contributed by atoms with Gasteiger partial charge in [0, 0.05) is 6.04 Å². The number of hydrogen-bond acceptors (Lipinski definition) is 2. The molecule has 0 radical (unpaired) electrons. The number of hydrogen-bond donors (Lipinski definition) is 1. The van der Waals surface area contributed by atoms with Gasteiger partial charge in [-0.1, -0.05) is 27.7 Å². The lowest BCUT2D eigenvalue weighted by Crippen LogP contribution is -2.39. The molecule has 0 spiro atoms. The van der Waals surface area contributed by atoms with E-state index in [9.17, 15) is 5.11 Å². The zero-order valence-electron chi connectivity index (χ0n) is 9.75. The number of likely N-dealkylation sites (N-methyl/N-ethyl adjacent to an activating group) is 1. The third-order valence-corrected chi connectivity index (χ3v) is 2.58. The summed E-state index contributed by atoms with van der Waals surface area (Å²) in [5.74, 6) is 1.27. The molecule has 13 heavy (non-hydrogen) atoms. The first-order valence-corrected chi connectivity index (χ1v) is 5.30. The van der Waals surface area contributed by atoms with Crippen molar-refractivity contribution in [2.24, 2.45) is 11.8 Å². The topological polar surface area (TPSA) is 23.5 Å². The zero-order valence-corrected chi connectivity index (χ0v) is 9.75. The van der Waals surface area contributed by atoms with E-state index < -0.39 is 0 Å². The van der Waals surface area contributed by atoms with Crippen LogP contribution in [0.15, 0.2) is 0 Å². The molecule has 2 heteroatoms. The monoisotopic (exact) mass is 187 g/mol. The normalized spacial score (nSPS) is 14.5. The Kier molecular flexibility index (Phi) is 6.35. The van der Waals surface area contributed by atoms with Crippen molar-refractivity contribution >= 4 is 0 Å². The molecule has 0 rings (SSSR count). The maximum Gasteiger partial charge on any atom is 0.0589 e. The minimum absolute atomic E-state index is 0.270. The Morgan fingerprint density at radius 1 is 1.15 bits per heavy atom. The van der Waals surface area contributed by atoms with Gasteiger partial charge in [-0.25, -0.2) is 0 Å². The fourth-order valence-electron chi connectivity index (χ4n) is 1.49. The van der Waals surface area contributed by atoms with Crippen molar-refractivity contribution in [3.05, 3.63) is 0 Å². The largest absolute Gasteiger partial charge is 0.395 e. The Bertz CT molecular complexity index is 123. The first kappa shape index (κ1) is 12.9. The Morgan fingerprint density at radius 2 is 1.69 bits per heavy atom. The SMILES string of the molecule is CC(C)CCN(C)C(CO)C(C)C. The zero-order chi connectivity index (χ0) is 10.4. The van der Waals surface area contributed by atoms with Crippen LogP contribution in [-0.2, 0) is 0 Å². The Hall–Kier alpha value is -0.0800. The molecule has 0 aliphatic carbocycles. The molecule has 0 heterocycles. The van der Waals surface area contributed by atoms with Crippen LogP contribution in [0.25, 0.3) is 0 Å². The predicted molar refractivity (Wildman–Crippen MR) is 57.8 cm³/mol. The van der Waals surface area contributed by atoms with E-state index in [1.165, 1.54) is 6.42 Å². The summed E-state index contributed by atoms with van der Waals surface area (Å²) in [4.78, 5) is 2.27. The molecular formula is C11H25NO. The van der Waals surface area contributed by atoms with Crippen LogP contribution in [0.5, 0.6) is 0 Å². The molecule has 0 aliphatic heterocycles. The Labute approximate surface area is 82.9 Å². The van der Waals surface area contributed by atoms with Gasteiger partial charge in [0.15, 0.2) is 0 Å². The van der Waals surface area contributed by atoms with Gasteiger partial charge in [-0.15, -0.1) is 0 Å². The number of nitrogens with zero attached hydrogens (tertiary/aromatic N) is 1. The second kappa shape index (κ2) is 6.39. The van der Waals surface area contributed by atoms with Gasteiger partial charge in [0.2, 0.25) is 0 Å². The lowest BCUT2D eigenvalue weighted by molar-refractivity contribution is 0.109. The highest BCUT2D eigenvalue weighted by atomic mass is 16.3. The average molecular weight is 187 g/mol. The summed E-state index contributed by atoms with van der Waals surface area (Å²) in [7, 11) is 2.10. The van der Waals surface area contributed by atoms with Gasteiger partial charge in [0.1, 0.15) is 0 Å². The van der Waals surface area contributed by atoms with Crippen LogP contribution in [0.1, 0.15) is 34.1 Å². The quantitative estimate of drug-likeness (QED) is 0.687. The van der Waals surface area contributed by atoms with E-state index in [1.807, 2.05) is 0 Å². The maximum atomic E-state index is 9.19. The fourth-order valence-corrected chi connectivity index (χ4v) is 1.49. The molecule has 0 aromatic carbocycles. The molecular weight excluding hydrogens is 162 g/mol. The second-order valence-corrected chi connectivity index (χ2v) is 4.66. The van der Waals surface area contributed by atoms with Crippen molar-refractivity contribution in [2.45, 2.75) is 40.2 Å². The third kappa shape index (κ3) is 5.27. The summed E-state index contributed by atoms with van der Waals surface area (Å²) in [6, 6.07) is 0.318. The molecule has 0 bridgehead atoms. The number of aliphatic hydroxyl groups is 1. The van der Waals surface area contributed by atoms with Crippen LogP contribution in [0.3, 0.4) is 0 Å². The molecule has 80 valence electrons. The minimum atomic E-state index is 0.270. The van der Waals surface area contributed by atoms with Crippen molar-refractivity contribution in [2.75, 3.05) is 20.2 Å². The summed E-state index contributed by atoms with van der Waals surface area (Å²) >= 11 is 0. The van der Waals surface area contributed by atoms with Crippen LogP contribution in [0.2, 0.25) is 0 Å². The molecule has 0 aromatic heterocycles. The van der Waals surface area contributed by atoms with E-state index in [-0.39, 0.29) is 6.61 Å². The Morgan fingerprint density at radius 3 is 2.00 bits per heavy atom. The lowest BCUT2D eigenvalue weighted by Gasteiger charge is -2.30. The van der Waals surface area contributed by atoms with E-state index in [4.69, 9.17) is 0 Å². The molecule has 0 fully saturated rings. The molecule has 2 nitrogen and oxygen atoms in total. The van der Waals surface area contributed by atoms with E-state index in [1.54, 1.807) is 0 Å². The van der Waals surface area contributed by atoms with Crippen molar-refractivity contribution in [1.29, 1.82) is 0 Å². The van der Waals surface area contributed by atoms with Crippen molar-refractivity contribution in [3.8, 4) is 0 Å². The van der Waals surface area contributed by atoms with Crippen molar-refractivity contribution in [1.82, 2.24) is 4.90 Å². The van der Waals surface area contributed by atoms with Crippen LogP contribution in [0.4, 0.5) is 0 Å². The molecule has 1 N–H and O–H groups in total. The van der Waals surface area contributed by atoms with E-state index in [0.717, 1.165) is 12.5 Å². The van der Waals surface area contributed by atoms with E-state index in [0.29, 0.717) is 12.0 Å². The van der Waals surface area contributed by atoms with Gasteiger partial charge in [-0.2, -0.15) is 0 Å². The van der Waals surface area contributed by atoms with Gasteiger partial charge in [0.25, 0.3) is 0 Å². The summed E-state index contributed by atoms with van der Waals surface area (Å²) < 4.78 is 0. The standard InChI is InChI=1S/C11H25NO/c1-9(2)6-7-12(5)11(8-13)10(3)4/h9-11,13H,6-8H2,1-5H3. The highest BCUT2D eigenvalue weighted by Crippen LogP contribution is 2.10. The molecule has 1 atom stereocenters. The highest BCUT2D eigenvalue weighted by Gasteiger charge is 2.17. The number of aliphatic hydroxyl groups excluding tert-OH is 1. The maximum absolute atomic E-state index is 9.19. The van der Waals surface area contributed by atoms with E-state index >= 15 is 0 Å². The highest BCUT2D eigenvalue weighted by molar-refractivity contribution is 4.71. The van der Waals surface area contributed by atoms with Crippen LogP contribution >= 0.6 is 0 Å². The average Bonchev–Trinajstić information content (AvgIpc) is 2.01. The summed E-state index contributed by atoms with van der Waals surface area (Å²) in [6.45, 7) is 10.1. The van der Waals surface area contributed by atoms with Gasteiger partial charge in [-0.05, 0) is 31.8 Å². The first-order chi connectivity index (χ1) is 5.99. The van der Waals surface area contributed by atoms with Crippen LogP contribution in [0, 0.1) is 11.8 Å². The third-order valence-electron chi connectivity index (χ3n) is 2.58. The van der Waals surface area contributed by atoms with Gasteiger partial charge >= 0.3 is 0 Å². The number of rotatable bonds is 6. The van der Waals surface area contributed by atoms with Crippen molar-refractivity contribution < 1.29 is 5.11 Å². The van der Waals surface area contributed by atoms with Gasteiger partial charge in [0.05, 0.1) is 6.61 Å². The molecule has 0 saturated carbocycles. The summed E-state index contributed by atoms with van der Waals surface area (Å²) in [5.41, 5.74) is 0. The minimum Gasteiger partial charge on any atom is -0.395 e. The second-order valence-electron chi connectivity index (χ2n) is 4.66. The molecule has 0 aromatic rings. The summed E-state index contributed by atoms with van der Waals surface area (Å²) in [6.07, 6.45) is 1.21. The van der Waals surface area contributed by atoms with Crippen LogP contribution < -0.4 is 0 Å². The molecule has 0 saturated heterocycles. The van der Waals surface area contributed by atoms with Gasteiger partial charge in [-0.3, -0.25) is 0 Å². The predicted octanol–water partition coefficient (Wildman–Crippen LogP) is 1.98. The fraction of sp³-hybridized carbons (Fsp3) is 1.00. The first-order valence-electron chi connectivity index (χ1n) is 5.30.